The fraction of sp³-hybridized carbons (Fsp3) is 0.480. The Morgan fingerprint density at radius 2 is 1.28 bits per heavy atom. The van der Waals surface area contributed by atoms with Crippen molar-refractivity contribution >= 4 is 5.97 Å². The third-order valence-corrected chi connectivity index (χ3v) is 7.93. The van der Waals surface area contributed by atoms with Gasteiger partial charge in [-0.2, -0.15) is 0 Å². The highest BCUT2D eigenvalue weighted by Gasteiger charge is 2.69. The Labute approximate surface area is 170 Å². The van der Waals surface area contributed by atoms with E-state index in [9.17, 15) is 9.90 Å². The Bertz CT molecular complexity index is 859. The van der Waals surface area contributed by atoms with Gasteiger partial charge in [-0.1, -0.05) is 60.7 Å². The van der Waals surface area contributed by atoms with Crippen molar-refractivity contribution in [2.75, 3.05) is 0 Å². The van der Waals surface area contributed by atoms with Gasteiger partial charge in [-0.3, -0.25) is 4.79 Å². The van der Waals surface area contributed by atoms with Gasteiger partial charge in [0.25, 0.3) is 0 Å². The van der Waals surface area contributed by atoms with Crippen LogP contribution in [0.25, 0.3) is 0 Å². The summed E-state index contributed by atoms with van der Waals surface area (Å²) in [7, 11) is 0. The molecule has 5 aliphatic rings. The SMILES string of the molecule is O=C(O)C12CC3CC(C1)C1(OC(c4ccccc4)C(c4ccccc4)O1)C(C3)C2. The maximum absolute atomic E-state index is 12.1. The molecule has 4 nitrogen and oxygen atoms in total. The molecular weight excluding hydrogens is 364 g/mol. The van der Waals surface area contributed by atoms with Crippen molar-refractivity contribution in [3.05, 3.63) is 71.8 Å². The van der Waals surface area contributed by atoms with Gasteiger partial charge in [-0.05, 0) is 49.1 Å². The molecule has 7 rings (SSSR count). The molecule has 1 spiro atoms. The van der Waals surface area contributed by atoms with Gasteiger partial charge < -0.3 is 14.6 Å². The lowest BCUT2D eigenvalue weighted by Gasteiger charge is -2.61. The average Bonchev–Trinajstić information content (AvgIpc) is 3.15. The van der Waals surface area contributed by atoms with Crippen LogP contribution in [0.15, 0.2) is 60.7 Å². The molecule has 2 aromatic rings. The van der Waals surface area contributed by atoms with E-state index >= 15 is 0 Å². The van der Waals surface area contributed by atoms with Crippen LogP contribution in [0, 0.1) is 23.2 Å². The van der Waals surface area contributed by atoms with Crippen molar-refractivity contribution in [1.29, 1.82) is 0 Å². The summed E-state index contributed by atoms with van der Waals surface area (Å²) in [6, 6.07) is 20.7. The second kappa shape index (κ2) is 6.16. The van der Waals surface area contributed by atoms with Gasteiger partial charge in [0.2, 0.25) is 0 Å². The minimum Gasteiger partial charge on any atom is -0.481 e. The number of benzene rings is 2. The lowest BCUT2D eigenvalue weighted by Crippen LogP contribution is -2.63. The van der Waals surface area contributed by atoms with E-state index in [1.54, 1.807) is 0 Å². The summed E-state index contributed by atoms with van der Waals surface area (Å²) >= 11 is 0. The number of rotatable bonds is 3. The normalized spacial score (nSPS) is 42.4. The van der Waals surface area contributed by atoms with E-state index in [4.69, 9.17) is 9.47 Å². The zero-order valence-electron chi connectivity index (χ0n) is 16.4. The number of carboxylic acid groups (broad SMARTS) is 1. The van der Waals surface area contributed by atoms with E-state index in [2.05, 4.69) is 24.3 Å². The zero-order valence-corrected chi connectivity index (χ0v) is 16.4. The molecule has 150 valence electrons. The smallest absolute Gasteiger partial charge is 0.309 e. The summed E-state index contributed by atoms with van der Waals surface area (Å²) in [5.74, 6) is -0.470. The van der Waals surface area contributed by atoms with Crippen LogP contribution in [0.3, 0.4) is 0 Å². The molecule has 4 atom stereocenters. The molecule has 1 heterocycles. The van der Waals surface area contributed by atoms with E-state index in [-0.39, 0.29) is 24.0 Å². The summed E-state index contributed by atoms with van der Waals surface area (Å²) in [4.78, 5) is 12.1. The summed E-state index contributed by atoms with van der Waals surface area (Å²) in [6.07, 6.45) is 3.89. The molecule has 1 N–H and O–H groups in total. The van der Waals surface area contributed by atoms with Crippen LogP contribution >= 0.6 is 0 Å². The first-order chi connectivity index (χ1) is 14.1. The first-order valence-electron chi connectivity index (χ1n) is 10.8. The lowest BCUT2D eigenvalue weighted by atomic mass is 9.47. The number of hydrogen-bond donors (Lipinski definition) is 1. The highest BCUT2D eigenvalue weighted by Crippen LogP contribution is 2.68. The molecule has 4 heteroatoms. The summed E-state index contributed by atoms with van der Waals surface area (Å²) in [6.45, 7) is 0. The monoisotopic (exact) mass is 390 g/mol. The summed E-state index contributed by atoms with van der Waals surface area (Å²) in [5, 5.41) is 9.99. The number of ether oxygens (including phenoxy) is 2. The third-order valence-electron chi connectivity index (χ3n) is 7.93. The second-order valence-corrected chi connectivity index (χ2v) is 9.55. The van der Waals surface area contributed by atoms with Crippen molar-refractivity contribution in [3.8, 4) is 0 Å². The van der Waals surface area contributed by atoms with Gasteiger partial charge in [-0.15, -0.1) is 0 Å². The van der Waals surface area contributed by atoms with Gasteiger partial charge in [0, 0.05) is 11.8 Å². The lowest BCUT2D eigenvalue weighted by molar-refractivity contribution is -0.311. The van der Waals surface area contributed by atoms with E-state index in [1.807, 2.05) is 36.4 Å². The van der Waals surface area contributed by atoms with E-state index in [1.165, 1.54) is 0 Å². The summed E-state index contributed by atoms with van der Waals surface area (Å²) in [5.41, 5.74) is 1.68. The quantitative estimate of drug-likeness (QED) is 0.790. The van der Waals surface area contributed by atoms with Crippen LogP contribution in [0.4, 0.5) is 0 Å². The molecule has 1 saturated heterocycles. The maximum Gasteiger partial charge on any atom is 0.309 e. The number of carboxylic acids is 1. The van der Waals surface area contributed by atoms with E-state index < -0.39 is 17.2 Å². The van der Waals surface area contributed by atoms with E-state index in [0.29, 0.717) is 18.8 Å². The van der Waals surface area contributed by atoms with Crippen LogP contribution in [0.5, 0.6) is 0 Å². The predicted octanol–water partition coefficient (Wildman–Crippen LogP) is 5.12. The Morgan fingerprint density at radius 3 is 1.72 bits per heavy atom. The Kier molecular flexibility index (Phi) is 3.76. The van der Waals surface area contributed by atoms with Crippen molar-refractivity contribution in [2.45, 2.75) is 50.1 Å². The van der Waals surface area contributed by atoms with Gasteiger partial charge in [0.05, 0.1) is 5.41 Å². The highest BCUT2D eigenvalue weighted by atomic mass is 16.8. The first kappa shape index (κ1) is 17.7. The Hall–Kier alpha value is -2.17. The minimum atomic E-state index is -0.656. The molecule has 0 aromatic heterocycles. The Morgan fingerprint density at radius 1 is 0.793 bits per heavy atom. The molecule has 1 aliphatic heterocycles. The molecule has 0 amide bonds. The Balaban J connectivity index is 1.41. The molecule has 5 fully saturated rings. The minimum absolute atomic E-state index is 0.157. The molecule has 2 aromatic carbocycles. The molecule has 4 saturated carbocycles. The molecule has 4 bridgehead atoms. The highest BCUT2D eigenvalue weighted by molar-refractivity contribution is 5.75. The number of aliphatic carboxylic acids is 1. The van der Waals surface area contributed by atoms with Crippen LogP contribution in [0.1, 0.15) is 55.4 Å². The van der Waals surface area contributed by atoms with Crippen LogP contribution in [-0.2, 0) is 14.3 Å². The standard InChI is InChI=1S/C25H26O4/c26-23(27)24-13-16-11-19(14-24)25(20(12-16)15-24)28-21(17-7-3-1-4-8-17)22(29-25)18-9-5-2-6-10-18/h1-10,16,19-22H,11-15H2,(H,26,27). The van der Waals surface area contributed by atoms with Gasteiger partial charge in [-0.25, -0.2) is 0 Å². The fourth-order valence-corrected chi connectivity index (χ4v) is 6.89. The fourth-order valence-electron chi connectivity index (χ4n) is 6.89. The van der Waals surface area contributed by atoms with Gasteiger partial charge >= 0.3 is 5.97 Å². The molecule has 4 unspecified atom stereocenters. The number of hydrogen-bond acceptors (Lipinski definition) is 3. The average molecular weight is 390 g/mol. The third kappa shape index (κ3) is 2.48. The topological polar surface area (TPSA) is 55.8 Å². The second-order valence-electron chi connectivity index (χ2n) is 9.55. The van der Waals surface area contributed by atoms with Crippen LogP contribution in [-0.4, -0.2) is 16.9 Å². The zero-order chi connectivity index (χ0) is 19.6. The molecule has 29 heavy (non-hydrogen) atoms. The van der Waals surface area contributed by atoms with Crippen LogP contribution < -0.4 is 0 Å². The van der Waals surface area contributed by atoms with Crippen molar-refractivity contribution in [3.63, 3.8) is 0 Å². The van der Waals surface area contributed by atoms with Crippen molar-refractivity contribution < 1.29 is 19.4 Å². The summed E-state index contributed by atoms with van der Waals surface area (Å²) < 4.78 is 13.8. The van der Waals surface area contributed by atoms with Gasteiger partial charge in [0.15, 0.2) is 5.79 Å². The first-order valence-corrected chi connectivity index (χ1v) is 10.8. The molecule has 0 radical (unpaired) electrons. The van der Waals surface area contributed by atoms with Crippen LogP contribution in [0.2, 0.25) is 0 Å². The molecular formula is C25H26O4. The van der Waals surface area contributed by atoms with Crippen molar-refractivity contribution in [2.24, 2.45) is 23.2 Å². The van der Waals surface area contributed by atoms with Crippen molar-refractivity contribution in [1.82, 2.24) is 0 Å². The number of carbonyl (C=O) groups is 1. The maximum atomic E-state index is 12.1. The molecule has 4 aliphatic carbocycles. The van der Waals surface area contributed by atoms with E-state index in [0.717, 1.165) is 30.4 Å². The predicted molar refractivity (Wildman–Crippen MR) is 107 cm³/mol. The largest absolute Gasteiger partial charge is 0.481 e. The van der Waals surface area contributed by atoms with Gasteiger partial charge in [0.1, 0.15) is 12.2 Å².